The summed E-state index contributed by atoms with van der Waals surface area (Å²) in [4.78, 5) is 9.48. The van der Waals surface area contributed by atoms with E-state index in [1.54, 1.807) is 6.08 Å². The van der Waals surface area contributed by atoms with E-state index in [2.05, 4.69) is 54.9 Å². The zero-order valence-electron chi connectivity index (χ0n) is 15.3. The van der Waals surface area contributed by atoms with E-state index >= 15 is 0 Å². The molecule has 0 unspecified atom stereocenters. The fourth-order valence-electron chi connectivity index (χ4n) is 3.30. The number of rotatable bonds is 4. The van der Waals surface area contributed by atoms with Gasteiger partial charge in [0.25, 0.3) is 0 Å². The van der Waals surface area contributed by atoms with Crippen LogP contribution < -0.4 is 0 Å². The number of hydrogen-bond acceptors (Lipinski definition) is 2. The van der Waals surface area contributed by atoms with Gasteiger partial charge < -0.3 is 0 Å². The molecule has 27 heavy (non-hydrogen) atoms. The van der Waals surface area contributed by atoms with Gasteiger partial charge >= 0.3 is 0 Å². The van der Waals surface area contributed by atoms with Crippen molar-refractivity contribution in [2.75, 3.05) is 0 Å². The molecule has 0 aliphatic heterocycles. The van der Waals surface area contributed by atoms with Gasteiger partial charge in [-0.05, 0) is 34.9 Å². The molecule has 0 N–H and O–H groups in total. The second-order valence-electron chi connectivity index (χ2n) is 6.43. The van der Waals surface area contributed by atoms with E-state index in [1.807, 2.05) is 48.7 Å². The molecule has 0 radical (unpaired) electrons. The van der Waals surface area contributed by atoms with Crippen LogP contribution in [0.3, 0.4) is 0 Å². The van der Waals surface area contributed by atoms with Crippen LogP contribution in [0.2, 0.25) is 0 Å². The molecule has 0 saturated heterocycles. The Balaban J connectivity index is 1.97. The lowest BCUT2D eigenvalue weighted by molar-refractivity contribution is 1.23. The van der Waals surface area contributed by atoms with Gasteiger partial charge in [0.05, 0.1) is 5.52 Å². The maximum Gasteiger partial charge on any atom is 0.159 e. The molecule has 4 aromatic rings. The van der Waals surface area contributed by atoms with Crippen molar-refractivity contribution < 1.29 is 0 Å². The van der Waals surface area contributed by atoms with Crippen molar-refractivity contribution in [3.8, 4) is 11.4 Å². The van der Waals surface area contributed by atoms with Crippen molar-refractivity contribution in [1.29, 1.82) is 0 Å². The number of benzene rings is 3. The standard InChI is InChI=1S/C25H20N2/c1-3-4-6-11-18(2)22-16-24-23(21-15-10-9-14-20(21)22)17-26-25(27-24)19-12-7-5-8-13-19/h3-17H,1H2,2H3/b6-4-,18-11+. The molecule has 4 rings (SSSR count). The van der Waals surface area contributed by atoms with E-state index in [1.165, 1.54) is 21.9 Å². The van der Waals surface area contributed by atoms with Gasteiger partial charge in [0, 0.05) is 17.1 Å². The van der Waals surface area contributed by atoms with Crippen molar-refractivity contribution in [3.63, 3.8) is 0 Å². The number of hydrogen-bond donors (Lipinski definition) is 0. The topological polar surface area (TPSA) is 25.8 Å². The first kappa shape index (κ1) is 16.9. The Morgan fingerprint density at radius 2 is 1.63 bits per heavy atom. The van der Waals surface area contributed by atoms with E-state index in [4.69, 9.17) is 4.98 Å². The second-order valence-corrected chi connectivity index (χ2v) is 6.43. The van der Waals surface area contributed by atoms with Crippen molar-refractivity contribution in [2.45, 2.75) is 6.92 Å². The smallest absolute Gasteiger partial charge is 0.159 e. The summed E-state index contributed by atoms with van der Waals surface area (Å²) in [6, 6.07) is 20.7. The van der Waals surface area contributed by atoms with Gasteiger partial charge in [-0.25, -0.2) is 9.97 Å². The van der Waals surface area contributed by atoms with Crippen LogP contribution in [0.4, 0.5) is 0 Å². The highest BCUT2D eigenvalue weighted by Crippen LogP contribution is 2.32. The largest absolute Gasteiger partial charge is 0.236 e. The molecule has 0 bridgehead atoms. The fourth-order valence-corrected chi connectivity index (χ4v) is 3.30. The SMILES string of the molecule is C=C/C=C\C=C(/C)c1cc2nc(-c3ccccc3)ncc2c2ccccc12. The van der Waals surface area contributed by atoms with E-state index in [-0.39, 0.29) is 0 Å². The molecule has 2 heteroatoms. The lowest BCUT2D eigenvalue weighted by Crippen LogP contribution is -1.93. The summed E-state index contributed by atoms with van der Waals surface area (Å²) in [5.41, 5.74) is 4.35. The third-order valence-corrected chi connectivity index (χ3v) is 4.66. The van der Waals surface area contributed by atoms with Gasteiger partial charge in [-0.1, -0.05) is 85.5 Å². The van der Waals surface area contributed by atoms with Crippen LogP contribution in [-0.4, -0.2) is 9.97 Å². The highest BCUT2D eigenvalue weighted by Gasteiger charge is 2.10. The summed E-state index contributed by atoms with van der Waals surface area (Å²) < 4.78 is 0. The van der Waals surface area contributed by atoms with Crippen LogP contribution >= 0.6 is 0 Å². The quantitative estimate of drug-likeness (QED) is 0.307. The Morgan fingerprint density at radius 1 is 0.889 bits per heavy atom. The summed E-state index contributed by atoms with van der Waals surface area (Å²) in [7, 11) is 0. The lowest BCUT2D eigenvalue weighted by Gasteiger charge is -2.11. The molecule has 0 aliphatic carbocycles. The Labute approximate surface area is 159 Å². The van der Waals surface area contributed by atoms with Crippen LogP contribution in [0, 0.1) is 0 Å². The van der Waals surface area contributed by atoms with Gasteiger partial charge in [0.2, 0.25) is 0 Å². The molecule has 0 spiro atoms. The molecule has 3 aromatic carbocycles. The van der Waals surface area contributed by atoms with Crippen LogP contribution in [0.1, 0.15) is 12.5 Å². The summed E-state index contributed by atoms with van der Waals surface area (Å²) >= 11 is 0. The minimum Gasteiger partial charge on any atom is -0.236 e. The number of nitrogens with zero attached hydrogens (tertiary/aromatic N) is 2. The molecule has 0 amide bonds. The monoisotopic (exact) mass is 348 g/mol. The average Bonchev–Trinajstić information content (AvgIpc) is 2.73. The normalized spacial score (nSPS) is 12.1. The van der Waals surface area contributed by atoms with E-state index in [0.29, 0.717) is 0 Å². The second kappa shape index (κ2) is 7.38. The van der Waals surface area contributed by atoms with E-state index in [9.17, 15) is 0 Å². The molecule has 0 fully saturated rings. The van der Waals surface area contributed by atoms with Crippen molar-refractivity contribution >= 4 is 27.2 Å². The van der Waals surface area contributed by atoms with Gasteiger partial charge in [-0.15, -0.1) is 0 Å². The molecule has 0 aliphatic rings. The zero-order valence-corrected chi connectivity index (χ0v) is 15.3. The molecule has 1 aromatic heterocycles. The first-order valence-electron chi connectivity index (χ1n) is 8.98. The highest BCUT2D eigenvalue weighted by atomic mass is 14.9. The summed E-state index contributed by atoms with van der Waals surface area (Å²) in [5, 5.41) is 3.45. The zero-order chi connectivity index (χ0) is 18.6. The Bertz CT molecular complexity index is 1190. The Kier molecular flexibility index (Phi) is 4.63. The van der Waals surface area contributed by atoms with Crippen molar-refractivity contribution in [1.82, 2.24) is 9.97 Å². The Hall–Kier alpha value is -3.52. The molecule has 2 nitrogen and oxygen atoms in total. The fraction of sp³-hybridized carbons (Fsp3) is 0.0400. The van der Waals surface area contributed by atoms with E-state index in [0.717, 1.165) is 22.3 Å². The minimum absolute atomic E-state index is 0.748. The minimum atomic E-state index is 0.748. The molecule has 0 atom stereocenters. The number of aromatic nitrogens is 2. The maximum absolute atomic E-state index is 4.86. The summed E-state index contributed by atoms with van der Waals surface area (Å²) in [6.07, 6.45) is 9.77. The molecular formula is C25H20N2. The summed E-state index contributed by atoms with van der Waals surface area (Å²) in [5.74, 6) is 0.748. The highest BCUT2D eigenvalue weighted by molar-refractivity contribution is 6.10. The third kappa shape index (κ3) is 3.30. The third-order valence-electron chi connectivity index (χ3n) is 4.66. The predicted molar refractivity (Wildman–Crippen MR) is 115 cm³/mol. The predicted octanol–water partition coefficient (Wildman–Crippen LogP) is 6.60. The average molecular weight is 348 g/mol. The van der Waals surface area contributed by atoms with Crippen LogP contribution in [0.15, 0.2) is 97.7 Å². The lowest BCUT2D eigenvalue weighted by atomic mass is 9.96. The van der Waals surface area contributed by atoms with Gasteiger partial charge in [-0.3, -0.25) is 0 Å². The maximum atomic E-state index is 4.86. The number of fused-ring (bicyclic) bond motifs is 3. The van der Waals surface area contributed by atoms with Gasteiger partial charge in [0.1, 0.15) is 0 Å². The molecule has 0 saturated carbocycles. The van der Waals surface area contributed by atoms with Crippen molar-refractivity contribution in [3.05, 3.63) is 103 Å². The first-order valence-corrected chi connectivity index (χ1v) is 8.98. The Morgan fingerprint density at radius 3 is 2.41 bits per heavy atom. The van der Waals surface area contributed by atoms with Crippen LogP contribution in [-0.2, 0) is 0 Å². The van der Waals surface area contributed by atoms with Crippen LogP contribution in [0.25, 0.3) is 38.6 Å². The number of allylic oxidation sites excluding steroid dienone is 5. The summed E-state index contributed by atoms with van der Waals surface area (Å²) in [6.45, 7) is 5.85. The van der Waals surface area contributed by atoms with E-state index < -0.39 is 0 Å². The first-order chi connectivity index (χ1) is 13.3. The van der Waals surface area contributed by atoms with Gasteiger partial charge in [-0.2, -0.15) is 0 Å². The van der Waals surface area contributed by atoms with Crippen LogP contribution in [0.5, 0.6) is 0 Å². The molecule has 1 heterocycles. The molecular weight excluding hydrogens is 328 g/mol. The van der Waals surface area contributed by atoms with Crippen molar-refractivity contribution in [2.24, 2.45) is 0 Å². The van der Waals surface area contributed by atoms with Gasteiger partial charge in [0.15, 0.2) is 5.82 Å². The molecule has 130 valence electrons.